The first-order chi connectivity index (χ1) is 7.89. The van der Waals surface area contributed by atoms with Gasteiger partial charge in [-0.2, -0.15) is 13.2 Å². The molecule has 0 spiro atoms. The molecule has 0 saturated heterocycles. The fraction of sp³-hybridized carbons (Fsp3) is 0.625. The van der Waals surface area contributed by atoms with E-state index in [0.29, 0.717) is 0 Å². The lowest BCUT2D eigenvalue weighted by Crippen LogP contribution is -2.36. The molecule has 0 saturated carbocycles. The van der Waals surface area contributed by atoms with Gasteiger partial charge in [0.05, 0.1) is 6.42 Å². The van der Waals surface area contributed by atoms with Crippen LogP contribution in [0.15, 0.2) is 0 Å². The van der Waals surface area contributed by atoms with Gasteiger partial charge < -0.3 is 20.8 Å². The number of halogens is 3. The molecule has 0 bridgehead atoms. The SMILES string of the molecule is CN(C)C(=O)C[C@H](N)C(=O)O.O=C(O)C(F)(F)F. The van der Waals surface area contributed by atoms with Gasteiger partial charge in [0.1, 0.15) is 6.04 Å². The number of alkyl halides is 3. The fourth-order valence-corrected chi connectivity index (χ4v) is 0.458. The van der Waals surface area contributed by atoms with Crippen molar-refractivity contribution in [3.8, 4) is 0 Å². The minimum Gasteiger partial charge on any atom is -0.480 e. The highest BCUT2D eigenvalue weighted by Crippen LogP contribution is 2.13. The molecule has 0 aromatic rings. The first-order valence-electron chi connectivity index (χ1n) is 4.38. The Balaban J connectivity index is 0. The minimum absolute atomic E-state index is 0.150. The van der Waals surface area contributed by atoms with Gasteiger partial charge in [-0.3, -0.25) is 9.59 Å². The molecule has 1 amide bonds. The zero-order chi connectivity index (χ0) is 15.1. The second kappa shape index (κ2) is 7.48. The van der Waals surface area contributed by atoms with E-state index in [1.54, 1.807) is 14.1 Å². The predicted molar refractivity (Wildman–Crippen MR) is 52.6 cm³/mol. The van der Waals surface area contributed by atoms with Gasteiger partial charge in [-0.25, -0.2) is 4.79 Å². The van der Waals surface area contributed by atoms with Crippen LogP contribution < -0.4 is 5.73 Å². The molecule has 0 radical (unpaired) electrons. The van der Waals surface area contributed by atoms with Crippen LogP contribution in [0.2, 0.25) is 0 Å². The van der Waals surface area contributed by atoms with Crippen molar-refractivity contribution in [3.05, 3.63) is 0 Å². The van der Waals surface area contributed by atoms with Crippen molar-refractivity contribution in [3.63, 3.8) is 0 Å². The topological polar surface area (TPSA) is 121 Å². The molecule has 10 heteroatoms. The normalized spacial score (nSPS) is 11.9. The van der Waals surface area contributed by atoms with Crippen LogP contribution in [0.4, 0.5) is 13.2 Å². The highest BCUT2D eigenvalue weighted by Gasteiger charge is 2.38. The third-order valence-electron chi connectivity index (χ3n) is 1.45. The average molecular weight is 274 g/mol. The van der Waals surface area contributed by atoms with E-state index >= 15 is 0 Å². The first kappa shape index (κ1) is 18.5. The number of carbonyl (C=O) groups is 3. The Labute approximate surface area is 100.0 Å². The first-order valence-corrected chi connectivity index (χ1v) is 4.38. The van der Waals surface area contributed by atoms with Crippen LogP contribution in [0.25, 0.3) is 0 Å². The second-order valence-electron chi connectivity index (χ2n) is 3.24. The number of hydrogen-bond donors (Lipinski definition) is 3. The Morgan fingerprint density at radius 2 is 1.56 bits per heavy atom. The maximum Gasteiger partial charge on any atom is 0.490 e. The minimum atomic E-state index is -5.08. The number of hydrogen-bond acceptors (Lipinski definition) is 4. The van der Waals surface area contributed by atoms with Crippen LogP contribution in [0.1, 0.15) is 6.42 Å². The molecule has 0 heterocycles. The zero-order valence-electron chi connectivity index (χ0n) is 9.56. The largest absolute Gasteiger partial charge is 0.490 e. The van der Waals surface area contributed by atoms with E-state index in [-0.39, 0.29) is 12.3 Å². The monoisotopic (exact) mass is 274 g/mol. The van der Waals surface area contributed by atoms with Crippen molar-refractivity contribution < 1.29 is 37.8 Å². The number of nitrogens with zero attached hydrogens (tertiary/aromatic N) is 1. The molecule has 0 aliphatic heterocycles. The summed E-state index contributed by atoms with van der Waals surface area (Å²) in [5.41, 5.74) is 5.11. The van der Waals surface area contributed by atoms with Crippen molar-refractivity contribution in [2.45, 2.75) is 18.6 Å². The smallest absolute Gasteiger partial charge is 0.480 e. The summed E-state index contributed by atoms with van der Waals surface area (Å²) in [6.45, 7) is 0. The lowest BCUT2D eigenvalue weighted by atomic mass is 10.2. The van der Waals surface area contributed by atoms with E-state index in [1.165, 1.54) is 4.90 Å². The molecule has 0 aromatic carbocycles. The Morgan fingerprint density at radius 1 is 1.22 bits per heavy atom. The van der Waals surface area contributed by atoms with Gasteiger partial charge in [-0.05, 0) is 0 Å². The van der Waals surface area contributed by atoms with Crippen LogP contribution in [0, 0.1) is 0 Å². The number of aliphatic carboxylic acids is 2. The Hall–Kier alpha value is -1.84. The van der Waals surface area contributed by atoms with E-state index in [9.17, 15) is 22.8 Å². The summed E-state index contributed by atoms with van der Waals surface area (Å²) in [5, 5.41) is 15.4. The number of carboxylic acid groups (broad SMARTS) is 2. The molecule has 0 unspecified atom stereocenters. The molecule has 0 aromatic heterocycles. The molecule has 1 atom stereocenters. The van der Waals surface area contributed by atoms with E-state index in [4.69, 9.17) is 20.7 Å². The number of rotatable bonds is 3. The van der Waals surface area contributed by atoms with Crippen LogP contribution in [-0.4, -0.2) is 59.3 Å². The summed E-state index contributed by atoms with van der Waals surface area (Å²) >= 11 is 0. The third kappa shape index (κ3) is 9.39. The van der Waals surface area contributed by atoms with Crippen molar-refractivity contribution in [1.82, 2.24) is 4.90 Å². The molecule has 0 aliphatic rings. The van der Waals surface area contributed by atoms with Gasteiger partial charge in [0.25, 0.3) is 0 Å². The highest BCUT2D eigenvalue weighted by molar-refractivity contribution is 5.83. The lowest BCUT2D eigenvalue weighted by molar-refractivity contribution is -0.192. The fourth-order valence-electron chi connectivity index (χ4n) is 0.458. The van der Waals surface area contributed by atoms with Crippen LogP contribution >= 0.6 is 0 Å². The lowest BCUT2D eigenvalue weighted by Gasteiger charge is -2.11. The van der Waals surface area contributed by atoms with Gasteiger partial charge in [0.15, 0.2) is 0 Å². The van der Waals surface area contributed by atoms with E-state index in [1.807, 2.05) is 0 Å². The summed E-state index contributed by atoms with van der Waals surface area (Å²) in [6, 6.07) is -1.09. The standard InChI is InChI=1S/C6H12N2O3.C2HF3O2/c1-8(2)5(9)3-4(7)6(10)11;3-2(4,5)1(6)7/h4H,3,7H2,1-2H3,(H,10,11);(H,6,7)/t4-;/m0./s1. The number of amides is 1. The maximum atomic E-state index is 10.8. The van der Waals surface area contributed by atoms with Gasteiger partial charge in [0, 0.05) is 14.1 Å². The van der Waals surface area contributed by atoms with Crippen molar-refractivity contribution in [1.29, 1.82) is 0 Å². The van der Waals surface area contributed by atoms with Gasteiger partial charge in [-0.15, -0.1) is 0 Å². The zero-order valence-corrected chi connectivity index (χ0v) is 9.56. The predicted octanol–water partition coefficient (Wildman–Crippen LogP) is -0.490. The summed E-state index contributed by atoms with van der Waals surface area (Å²) in [5.74, 6) is -4.19. The molecule has 106 valence electrons. The van der Waals surface area contributed by atoms with Crippen LogP contribution in [-0.2, 0) is 14.4 Å². The summed E-state index contributed by atoms with van der Waals surface area (Å²) < 4.78 is 31.7. The molecule has 7 nitrogen and oxygen atoms in total. The van der Waals surface area contributed by atoms with Gasteiger partial charge >= 0.3 is 18.1 Å². The third-order valence-corrected chi connectivity index (χ3v) is 1.45. The van der Waals surface area contributed by atoms with Gasteiger partial charge in [-0.1, -0.05) is 0 Å². The number of carboxylic acids is 2. The summed E-state index contributed by atoms with van der Waals surface area (Å²) in [4.78, 5) is 31.2. The molecule has 0 rings (SSSR count). The average Bonchev–Trinajstić information content (AvgIpc) is 2.16. The second-order valence-corrected chi connectivity index (χ2v) is 3.24. The van der Waals surface area contributed by atoms with Crippen LogP contribution in [0.5, 0.6) is 0 Å². The van der Waals surface area contributed by atoms with Crippen LogP contribution in [0.3, 0.4) is 0 Å². The Morgan fingerprint density at radius 3 is 1.72 bits per heavy atom. The molecular formula is C8H13F3N2O5. The van der Waals surface area contributed by atoms with Crippen molar-refractivity contribution in [2.75, 3.05) is 14.1 Å². The quantitative estimate of drug-likeness (QED) is 0.638. The van der Waals surface area contributed by atoms with E-state index in [2.05, 4.69) is 0 Å². The Bertz CT molecular complexity index is 316. The Kier molecular flexibility index (Phi) is 7.70. The molecule has 18 heavy (non-hydrogen) atoms. The summed E-state index contributed by atoms with van der Waals surface area (Å²) in [7, 11) is 3.10. The van der Waals surface area contributed by atoms with E-state index in [0.717, 1.165) is 0 Å². The summed E-state index contributed by atoms with van der Waals surface area (Å²) in [6.07, 6.45) is -5.23. The van der Waals surface area contributed by atoms with Crippen molar-refractivity contribution in [2.24, 2.45) is 5.73 Å². The van der Waals surface area contributed by atoms with Gasteiger partial charge in [0.2, 0.25) is 5.91 Å². The number of carbonyl (C=O) groups excluding carboxylic acids is 1. The molecule has 0 aliphatic carbocycles. The number of nitrogens with two attached hydrogens (primary N) is 1. The van der Waals surface area contributed by atoms with E-state index < -0.39 is 24.2 Å². The molecule has 4 N–H and O–H groups in total. The maximum absolute atomic E-state index is 10.8. The molecule has 0 fully saturated rings. The highest BCUT2D eigenvalue weighted by atomic mass is 19.4. The molecular weight excluding hydrogens is 261 g/mol. The van der Waals surface area contributed by atoms with Crippen molar-refractivity contribution >= 4 is 17.8 Å².